The van der Waals surface area contributed by atoms with Gasteiger partial charge in [0.15, 0.2) is 0 Å². The molecule has 184 valence electrons. The molecule has 1 aromatic heterocycles. The van der Waals surface area contributed by atoms with Crippen LogP contribution in [-0.2, 0) is 0 Å². The fourth-order valence-corrected chi connectivity index (χ4v) is 4.85. The third-order valence-corrected chi connectivity index (χ3v) is 6.62. The van der Waals surface area contributed by atoms with Gasteiger partial charge in [0.2, 0.25) is 0 Å². The number of β-amino-alcohol motifs (C(OH)–C–C–N with tert-alkyl or cyclic N) is 1. The van der Waals surface area contributed by atoms with Crippen LogP contribution in [0.15, 0.2) is 36.7 Å². The molecule has 0 saturated carbocycles. The Labute approximate surface area is 201 Å². The molecule has 0 aliphatic carbocycles. The maximum absolute atomic E-state index is 13.1. The van der Waals surface area contributed by atoms with Gasteiger partial charge in [0.1, 0.15) is 30.3 Å². The number of nitrogens with zero attached hydrogens (tertiary/aromatic N) is 5. The van der Waals surface area contributed by atoms with Crippen LogP contribution >= 0.6 is 0 Å². The van der Waals surface area contributed by atoms with Gasteiger partial charge in [-0.05, 0) is 57.0 Å². The number of hydrogen-bond acceptors (Lipinski definition) is 8. The molecule has 1 aromatic carbocycles. The van der Waals surface area contributed by atoms with Gasteiger partial charge in [-0.2, -0.15) is 0 Å². The molecule has 34 heavy (non-hydrogen) atoms. The second kappa shape index (κ2) is 11.0. The fraction of sp³-hybridized carbons (Fsp3) is 0.560. The third-order valence-electron chi connectivity index (χ3n) is 6.62. The normalized spacial score (nSPS) is 20.9. The Bertz CT molecular complexity index is 967. The number of benzene rings is 1. The predicted molar refractivity (Wildman–Crippen MR) is 133 cm³/mol. The minimum absolute atomic E-state index is 0.130. The van der Waals surface area contributed by atoms with Crippen molar-refractivity contribution in [1.29, 1.82) is 0 Å². The van der Waals surface area contributed by atoms with Crippen molar-refractivity contribution in [1.82, 2.24) is 19.8 Å². The zero-order valence-corrected chi connectivity index (χ0v) is 20.2. The molecule has 0 unspecified atom stereocenters. The first kappa shape index (κ1) is 24.2. The molecule has 1 amide bonds. The SMILES string of the molecule is CNc1cc(N2CCC[C@@](O)(CN(C)C(=O)c3cccc(OCCN4CCCC4)c3)C2)ncn1. The lowest BCUT2D eigenvalue weighted by Crippen LogP contribution is -2.54. The molecule has 0 radical (unpaired) electrons. The van der Waals surface area contributed by atoms with Crippen LogP contribution < -0.4 is 15.0 Å². The van der Waals surface area contributed by atoms with Crippen molar-refractivity contribution in [2.45, 2.75) is 31.3 Å². The third kappa shape index (κ3) is 6.15. The van der Waals surface area contributed by atoms with Crippen LogP contribution in [0.5, 0.6) is 5.75 Å². The monoisotopic (exact) mass is 468 g/mol. The highest BCUT2D eigenvalue weighted by Crippen LogP contribution is 2.27. The second-order valence-electron chi connectivity index (χ2n) is 9.35. The van der Waals surface area contributed by atoms with E-state index in [1.54, 1.807) is 24.1 Å². The van der Waals surface area contributed by atoms with Crippen molar-refractivity contribution in [2.75, 3.05) is 70.2 Å². The van der Waals surface area contributed by atoms with Gasteiger partial charge in [-0.1, -0.05) is 6.07 Å². The number of aliphatic hydroxyl groups is 1. The van der Waals surface area contributed by atoms with E-state index in [1.165, 1.54) is 19.2 Å². The highest BCUT2D eigenvalue weighted by molar-refractivity contribution is 5.94. The number of piperidine rings is 1. The smallest absolute Gasteiger partial charge is 0.253 e. The van der Waals surface area contributed by atoms with Crippen LogP contribution in [0.2, 0.25) is 0 Å². The van der Waals surface area contributed by atoms with Crippen LogP contribution in [0.25, 0.3) is 0 Å². The van der Waals surface area contributed by atoms with E-state index in [1.807, 2.05) is 25.2 Å². The number of aromatic nitrogens is 2. The van der Waals surface area contributed by atoms with Gasteiger partial charge < -0.3 is 25.0 Å². The van der Waals surface area contributed by atoms with E-state index in [2.05, 4.69) is 25.1 Å². The Morgan fingerprint density at radius 3 is 2.82 bits per heavy atom. The van der Waals surface area contributed by atoms with Crippen molar-refractivity contribution in [3.8, 4) is 5.75 Å². The molecule has 2 aliphatic heterocycles. The summed E-state index contributed by atoms with van der Waals surface area (Å²) in [5, 5.41) is 14.4. The molecule has 2 N–H and O–H groups in total. The molecule has 2 fully saturated rings. The fourth-order valence-electron chi connectivity index (χ4n) is 4.85. The highest BCUT2D eigenvalue weighted by Gasteiger charge is 2.36. The number of carbonyl (C=O) groups is 1. The molecule has 2 aromatic rings. The molecule has 3 heterocycles. The lowest BCUT2D eigenvalue weighted by atomic mass is 9.92. The summed E-state index contributed by atoms with van der Waals surface area (Å²) in [6, 6.07) is 9.19. The van der Waals surface area contributed by atoms with E-state index < -0.39 is 5.60 Å². The quantitative estimate of drug-likeness (QED) is 0.578. The Morgan fingerprint density at radius 2 is 2.03 bits per heavy atom. The van der Waals surface area contributed by atoms with Crippen LogP contribution in [0.1, 0.15) is 36.0 Å². The van der Waals surface area contributed by atoms with Crippen LogP contribution in [0, 0.1) is 0 Å². The van der Waals surface area contributed by atoms with Gasteiger partial charge >= 0.3 is 0 Å². The van der Waals surface area contributed by atoms with Crippen molar-refractivity contribution >= 4 is 17.5 Å². The van der Waals surface area contributed by atoms with Gasteiger partial charge in [0.25, 0.3) is 5.91 Å². The summed E-state index contributed by atoms with van der Waals surface area (Å²) in [6.07, 6.45) is 5.49. The number of amides is 1. The van der Waals surface area contributed by atoms with Gasteiger partial charge in [0, 0.05) is 45.4 Å². The lowest BCUT2D eigenvalue weighted by Gasteiger charge is -2.41. The summed E-state index contributed by atoms with van der Waals surface area (Å²) in [5.74, 6) is 2.07. The minimum atomic E-state index is -1.02. The topological polar surface area (TPSA) is 94.1 Å². The number of nitrogens with one attached hydrogen (secondary N) is 1. The van der Waals surface area contributed by atoms with E-state index in [4.69, 9.17) is 4.74 Å². The summed E-state index contributed by atoms with van der Waals surface area (Å²) < 4.78 is 5.90. The Hall–Kier alpha value is -2.91. The van der Waals surface area contributed by atoms with Crippen LogP contribution in [-0.4, -0.2) is 96.4 Å². The van der Waals surface area contributed by atoms with E-state index in [-0.39, 0.29) is 12.5 Å². The van der Waals surface area contributed by atoms with Gasteiger partial charge in [-0.15, -0.1) is 0 Å². The maximum atomic E-state index is 13.1. The Balaban J connectivity index is 1.34. The largest absolute Gasteiger partial charge is 0.492 e. The summed E-state index contributed by atoms with van der Waals surface area (Å²) in [5.41, 5.74) is -0.455. The van der Waals surface area contributed by atoms with Gasteiger partial charge in [-0.25, -0.2) is 9.97 Å². The predicted octanol–water partition coefficient (Wildman–Crippen LogP) is 2.10. The molecular formula is C25H36N6O3. The van der Waals surface area contributed by atoms with Crippen molar-refractivity contribution in [3.63, 3.8) is 0 Å². The number of rotatable bonds is 9. The molecule has 9 heteroatoms. The van der Waals surface area contributed by atoms with E-state index in [9.17, 15) is 9.90 Å². The summed E-state index contributed by atoms with van der Waals surface area (Å²) in [4.78, 5) is 27.7. The number of hydrogen-bond donors (Lipinski definition) is 2. The van der Waals surface area contributed by atoms with Crippen molar-refractivity contribution in [2.24, 2.45) is 0 Å². The summed E-state index contributed by atoms with van der Waals surface area (Å²) in [7, 11) is 3.55. The maximum Gasteiger partial charge on any atom is 0.253 e. The molecule has 0 bridgehead atoms. The van der Waals surface area contributed by atoms with Crippen molar-refractivity contribution in [3.05, 3.63) is 42.2 Å². The minimum Gasteiger partial charge on any atom is -0.492 e. The molecular weight excluding hydrogens is 432 g/mol. The average molecular weight is 469 g/mol. The number of anilines is 2. The molecule has 9 nitrogen and oxygen atoms in total. The Kier molecular flexibility index (Phi) is 7.84. The van der Waals surface area contributed by atoms with E-state index in [0.717, 1.165) is 44.2 Å². The summed E-state index contributed by atoms with van der Waals surface area (Å²) >= 11 is 0. The first-order valence-corrected chi connectivity index (χ1v) is 12.1. The second-order valence-corrected chi connectivity index (χ2v) is 9.35. The number of ether oxygens (including phenoxy) is 1. The van der Waals surface area contributed by atoms with Crippen LogP contribution in [0.4, 0.5) is 11.6 Å². The molecule has 2 saturated heterocycles. The molecule has 4 rings (SSSR count). The lowest BCUT2D eigenvalue weighted by molar-refractivity contribution is -0.000141. The molecule has 2 aliphatic rings. The number of likely N-dealkylation sites (tertiary alicyclic amines) is 1. The average Bonchev–Trinajstić information content (AvgIpc) is 3.37. The van der Waals surface area contributed by atoms with Crippen molar-refractivity contribution < 1.29 is 14.6 Å². The summed E-state index contributed by atoms with van der Waals surface area (Å²) in [6.45, 7) is 5.25. The van der Waals surface area contributed by atoms with Gasteiger partial charge in [0.05, 0.1) is 12.1 Å². The molecule has 0 spiro atoms. The zero-order valence-electron chi connectivity index (χ0n) is 20.2. The highest BCUT2D eigenvalue weighted by atomic mass is 16.5. The zero-order chi connectivity index (χ0) is 24.0. The first-order valence-electron chi connectivity index (χ1n) is 12.1. The van der Waals surface area contributed by atoms with Crippen LogP contribution in [0.3, 0.4) is 0 Å². The standard InChI is InChI=1S/C25H36N6O3/c1-26-22-16-23(28-19-27-22)31-12-6-9-25(33,18-31)17-29(2)24(32)20-7-5-8-21(15-20)34-14-13-30-10-3-4-11-30/h5,7-8,15-16,19,33H,3-4,6,9-14,17-18H2,1-2H3,(H,26,27,28)/t25-/m1/s1. The number of likely N-dealkylation sites (N-methyl/N-ethyl adjacent to an activating group) is 1. The van der Waals surface area contributed by atoms with E-state index in [0.29, 0.717) is 30.9 Å². The molecule has 1 atom stereocenters. The Morgan fingerprint density at radius 1 is 1.21 bits per heavy atom. The number of carbonyl (C=O) groups excluding carboxylic acids is 1. The van der Waals surface area contributed by atoms with E-state index >= 15 is 0 Å². The van der Waals surface area contributed by atoms with Gasteiger partial charge in [-0.3, -0.25) is 9.69 Å². The first-order chi connectivity index (χ1) is 16.5.